The van der Waals surface area contributed by atoms with Gasteiger partial charge in [-0.25, -0.2) is 4.98 Å². The summed E-state index contributed by atoms with van der Waals surface area (Å²) in [6.07, 6.45) is 0. The molecule has 13 rings (SSSR count). The van der Waals surface area contributed by atoms with Crippen LogP contribution in [0.5, 0.6) is 0 Å². The average Bonchev–Trinajstić information content (AvgIpc) is 3.92. The van der Waals surface area contributed by atoms with Crippen LogP contribution < -0.4 is 5.43 Å². The molecule has 3 aromatic heterocycles. The summed E-state index contributed by atoms with van der Waals surface area (Å²) >= 11 is 0. The van der Waals surface area contributed by atoms with Gasteiger partial charge in [-0.3, -0.25) is 9.36 Å². The third kappa shape index (κ3) is 4.12. The highest BCUT2D eigenvalue weighted by Gasteiger charge is 2.52. The molecule has 8 aromatic carbocycles. The van der Waals surface area contributed by atoms with E-state index in [2.05, 4.69) is 179 Å². The van der Waals surface area contributed by atoms with Crippen LogP contribution in [0.1, 0.15) is 22.3 Å². The van der Waals surface area contributed by atoms with E-state index in [9.17, 15) is 4.79 Å². The summed E-state index contributed by atoms with van der Waals surface area (Å²) in [6.45, 7) is 0. The molecule has 2 aliphatic carbocycles. The molecule has 59 heavy (non-hydrogen) atoms. The van der Waals surface area contributed by atoms with E-state index in [1.807, 2.05) is 30.3 Å². The number of hydrogen-bond donors (Lipinski definition) is 0. The number of pyridine rings is 2. The summed E-state index contributed by atoms with van der Waals surface area (Å²) in [4.78, 5) is 20.1. The van der Waals surface area contributed by atoms with Crippen LogP contribution in [0.4, 0.5) is 0 Å². The van der Waals surface area contributed by atoms with Crippen molar-refractivity contribution < 1.29 is 0 Å². The van der Waals surface area contributed by atoms with Gasteiger partial charge in [0.2, 0.25) is 0 Å². The van der Waals surface area contributed by atoms with Gasteiger partial charge in [0.1, 0.15) is 5.82 Å². The van der Waals surface area contributed by atoms with Gasteiger partial charge in [-0.1, -0.05) is 146 Å². The van der Waals surface area contributed by atoms with E-state index in [0.29, 0.717) is 10.8 Å². The van der Waals surface area contributed by atoms with Crippen molar-refractivity contribution in [3.8, 4) is 45.0 Å². The molecule has 0 aliphatic heterocycles. The molecule has 0 fully saturated rings. The number of para-hydroxylation sites is 3. The average molecular weight is 752 g/mol. The molecule has 1 spiro atoms. The molecule has 0 amide bonds. The maximum absolute atomic E-state index is 14.5. The Morgan fingerprint density at radius 1 is 0.390 bits per heavy atom. The molecule has 0 saturated carbocycles. The van der Waals surface area contributed by atoms with Crippen LogP contribution in [0, 0.1) is 0 Å². The molecule has 0 unspecified atom stereocenters. The third-order valence-electron chi connectivity index (χ3n) is 12.9. The lowest BCUT2D eigenvalue weighted by Gasteiger charge is -2.30. The minimum absolute atomic E-state index is 0.0151. The van der Waals surface area contributed by atoms with E-state index in [0.717, 1.165) is 55.6 Å². The fourth-order valence-electron chi connectivity index (χ4n) is 10.7. The Kier molecular flexibility index (Phi) is 6.49. The van der Waals surface area contributed by atoms with Crippen LogP contribution in [-0.4, -0.2) is 14.1 Å². The second-order valence-electron chi connectivity index (χ2n) is 15.7. The number of rotatable bonds is 3. The van der Waals surface area contributed by atoms with Crippen molar-refractivity contribution in [3.05, 3.63) is 233 Å². The summed E-state index contributed by atoms with van der Waals surface area (Å²) in [5.74, 6) is 0.753. The van der Waals surface area contributed by atoms with Gasteiger partial charge in [-0.15, -0.1) is 0 Å². The second kappa shape index (κ2) is 11.9. The Labute approximate surface area is 339 Å². The lowest BCUT2D eigenvalue weighted by molar-refractivity contribution is 0.794. The summed E-state index contributed by atoms with van der Waals surface area (Å²) in [5.41, 5.74) is 16.6. The van der Waals surface area contributed by atoms with Crippen LogP contribution in [0.25, 0.3) is 88.6 Å². The molecule has 4 nitrogen and oxygen atoms in total. The van der Waals surface area contributed by atoms with Gasteiger partial charge in [0.05, 0.1) is 33.2 Å². The minimum atomic E-state index is -0.448. The molecule has 3 heterocycles. The molecule has 0 radical (unpaired) electrons. The predicted molar refractivity (Wildman–Crippen MR) is 241 cm³/mol. The van der Waals surface area contributed by atoms with Gasteiger partial charge in [0.15, 0.2) is 5.43 Å². The van der Waals surface area contributed by atoms with Crippen LogP contribution >= 0.6 is 0 Å². The van der Waals surface area contributed by atoms with Crippen molar-refractivity contribution in [2.75, 3.05) is 0 Å². The Bertz CT molecular complexity index is 3600. The van der Waals surface area contributed by atoms with Gasteiger partial charge in [0.25, 0.3) is 0 Å². The summed E-state index contributed by atoms with van der Waals surface area (Å²) in [7, 11) is 0. The monoisotopic (exact) mass is 751 g/mol. The van der Waals surface area contributed by atoms with E-state index < -0.39 is 5.41 Å². The first-order valence-electron chi connectivity index (χ1n) is 20.2. The van der Waals surface area contributed by atoms with Crippen molar-refractivity contribution in [2.45, 2.75) is 5.41 Å². The maximum atomic E-state index is 14.5. The third-order valence-corrected chi connectivity index (χ3v) is 12.9. The van der Waals surface area contributed by atoms with Gasteiger partial charge < -0.3 is 4.57 Å². The second-order valence-corrected chi connectivity index (χ2v) is 15.7. The van der Waals surface area contributed by atoms with Gasteiger partial charge in [0, 0.05) is 32.8 Å². The molecule has 0 N–H and O–H groups in total. The van der Waals surface area contributed by atoms with E-state index in [-0.39, 0.29) is 5.43 Å². The Balaban J connectivity index is 1.12. The number of hydrogen-bond acceptors (Lipinski definition) is 2. The molecule has 274 valence electrons. The van der Waals surface area contributed by atoms with Crippen LogP contribution in [0.15, 0.2) is 205 Å². The molecule has 4 heteroatoms. The first kappa shape index (κ1) is 32.3. The molecule has 0 bridgehead atoms. The standard InChI is InChI=1S/C55H33N3O/c59-54-40-22-8-13-30-48(40)58(53-41(54)32-33-49-52(53)39-21-7-12-29-47(39)57(49)34-16-2-1-3-17-34)50-31-15-28-46(56-50)38-23-14-27-45-51(38)37-20-6-11-26-44(37)55(45)42-24-9-4-18-35(42)36-19-5-10-25-43(36)55/h1-33H. The largest absolute Gasteiger partial charge is 0.309 e. The molecule has 0 atom stereocenters. The lowest BCUT2D eigenvalue weighted by Crippen LogP contribution is -2.25. The van der Waals surface area contributed by atoms with E-state index >= 15 is 0 Å². The van der Waals surface area contributed by atoms with Crippen molar-refractivity contribution in [1.82, 2.24) is 14.1 Å². The van der Waals surface area contributed by atoms with Gasteiger partial charge >= 0.3 is 0 Å². The van der Waals surface area contributed by atoms with Crippen LogP contribution in [-0.2, 0) is 5.41 Å². The van der Waals surface area contributed by atoms with Gasteiger partial charge in [-0.05, 0) is 99.1 Å². The minimum Gasteiger partial charge on any atom is -0.309 e. The fraction of sp³-hybridized carbons (Fsp3) is 0.0182. The molecular weight excluding hydrogens is 719 g/mol. The normalized spacial score (nSPS) is 13.3. The summed E-state index contributed by atoms with van der Waals surface area (Å²) < 4.78 is 4.53. The van der Waals surface area contributed by atoms with E-state index in [1.165, 1.54) is 44.5 Å². The van der Waals surface area contributed by atoms with Crippen molar-refractivity contribution in [1.29, 1.82) is 0 Å². The Morgan fingerprint density at radius 3 is 1.69 bits per heavy atom. The van der Waals surface area contributed by atoms with Crippen LogP contribution in [0.3, 0.4) is 0 Å². The number of fused-ring (bicyclic) bond motifs is 16. The van der Waals surface area contributed by atoms with Crippen molar-refractivity contribution in [2.24, 2.45) is 0 Å². The number of aromatic nitrogens is 3. The molecule has 11 aromatic rings. The predicted octanol–water partition coefficient (Wildman–Crippen LogP) is 12.6. The first-order valence-corrected chi connectivity index (χ1v) is 20.2. The van der Waals surface area contributed by atoms with E-state index in [1.54, 1.807) is 0 Å². The van der Waals surface area contributed by atoms with Gasteiger partial charge in [-0.2, -0.15) is 0 Å². The SMILES string of the molecule is O=c1c2ccccc2n(-c2cccc(-c3cccc4c3-c3ccccc3C43c4ccccc4-c4ccccc43)n2)c2c1ccc1c2c2ccccc2n1-c1ccccc1. The highest BCUT2D eigenvalue weighted by molar-refractivity contribution is 6.22. The number of benzene rings is 8. The van der Waals surface area contributed by atoms with Crippen molar-refractivity contribution in [3.63, 3.8) is 0 Å². The van der Waals surface area contributed by atoms with Crippen LogP contribution in [0.2, 0.25) is 0 Å². The topological polar surface area (TPSA) is 39.8 Å². The molecule has 0 saturated heterocycles. The highest BCUT2D eigenvalue weighted by Crippen LogP contribution is 2.63. The summed E-state index contributed by atoms with van der Waals surface area (Å²) in [6, 6.07) is 70.8. The highest BCUT2D eigenvalue weighted by atomic mass is 16.1. The zero-order chi connectivity index (χ0) is 38.8. The molecular formula is C55H33N3O. The van der Waals surface area contributed by atoms with E-state index in [4.69, 9.17) is 4.98 Å². The lowest BCUT2D eigenvalue weighted by atomic mass is 9.70. The molecule has 2 aliphatic rings. The zero-order valence-corrected chi connectivity index (χ0v) is 31.8. The number of nitrogens with zero attached hydrogens (tertiary/aromatic N) is 3. The fourth-order valence-corrected chi connectivity index (χ4v) is 10.7. The smallest absolute Gasteiger partial charge is 0.197 e. The zero-order valence-electron chi connectivity index (χ0n) is 31.8. The summed E-state index contributed by atoms with van der Waals surface area (Å²) in [5, 5.41) is 3.42. The Hall–Kier alpha value is -7.82. The first-order chi connectivity index (χ1) is 29.2. The Morgan fingerprint density at radius 2 is 0.949 bits per heavy atom. The quantitative estimate of drug-likeness (QED) is 0.169. The van der Waals surface area contributed by atoms with Crippen molar-refractivity contribution >= 4 is 43.6 Å². The maximum Gasteiger partial charge on any atom is 0.197 e.